The Morgan fingerprint density at radius 1 is 0.925 bits per heavy atom. The van der Waals surface area contributed by atoms with E-state index in [0.717, 1.165) is 47.4 Å². The lowest BCUT2D eigenvalue weighted by Gasteiger charge is -2.34. The highest BCUT2D eigenvalue weighted by atomic mass is 19.1. The van der Waals surface area contributed by atoms with Crippen molar-refractivity contribution >= 4 is 17.2 Å². The number of aromatic nitrogens is 4. The number of benzene rings is 1. The predicted molar refractivity (Wildman–Crippen MR) is 154 cm³/mol. The fraction of sp³-hybridized carbons (Fsp3) is 0.161. The summed E-state index contributed by atoms with van der Waals surface area (Å²) in [6, 6.07) is 15.3. The van der Waals surface area contributed by atoms with Crippen LogP contribution in [0.4, 0.5) is 10.2 Å². The first-order valence-corrected chi connectivity index (χ1v) is 13.1. The average Bonchev–Trinajstić information content (AvgIpc) is 3.36. The molecule has 200 valence electrons. The number of amides is 1. The normalized spacial score (nSPS) is 14.0. The van der Waals surface area contributed by atoms with Gasteiger partial charge < -0.3 is 15.0 Å². The number of nitrogen functional groups attached to an aromatic ring is 1. The highest BCUT2D eigenvalue weighted by Crippen LogP contribution is 2.39. The van der Waals surface area contributed by atoms with Gasteiger partial charge in [0.25, 0.3) is 0 Å². The number of rotatable bonds is 6. The lowest BCUT2D eigenvalue weighted by Crippen LogP contribution is -2.47. The first-order valence-electron chi connectivity index (χ1n) is 13.1. The van der Waals surface area contributed by atoms with Gasteiger partial charge in [-0.1, -0.05) is 30.8 Å². The fourth-order valence-electron chi connectivity index (χ4n) is 5.18. The highest BCUT2D eigenvalue weighted by molar-refractivity contribution is 5.96. The molecular weight excluding hydrogens is 505 g/mol. The van der Waals surface area contributed by atoms with E-state index < -0.39 is 5.82 Å². The zero-order chi connectivity index (χ0) is 27.6. The van der Waals surface area contributed by atoms with Crippen LogP contribution in [0, 0.1) is 5.82 Å². The number of carbonyl (C=O) groups excluding carboxylic acids is 1. The fourth-order valence-corrected chi connectivity index (χ4v) is 5.18. The SMILES string of the molecule is C=CC(=O)N1CCN(Cc2ccc(-c3c(-c4cccnc4N)cn4cc(-c5ccc(F)cn5)ncc34)cc2)CC1. The zero-order valence-electron chi connectivity index (χ0n) is 21.9. The minimum absolute atomic E-state index is 0.00982. The van der Waals surface area contributed by atoms with E-state index in [1.54, 1.807) is 12.3 Å². The molecule has 1 aromatic carbocycles. The van der Waals surface area contributed by atoms with Crippen molar-refractivity contribution < 1.29 is 9.18 Å². The van der Waals surface area contributed by atoms with Gasteiger partial charge in [-0.2, -0.15) is 0 Å². The number of hydrogen-bond donors (Lipinski definition) is 1. The van der Waals surface area contributed by atoms with Gasteiger partial charge in [-0.25, -0.2) is 9.37 Å². The van der Waals surface area contributed by atoms with Crippen molar-refractivity contribution in [2.75, 3.05) is 31.9 Å². The molecule has 1 saturated heterocycles. The molecule has 5 heterocycles. The molecule has 1 aliphatic rings. The van der Waals surface area contributed by atoms with Crippen molar-refractivity contribution in [1.29, 1.82) is 0 Å². The van der Waals surface area contributed by atoms with Crippen LogP contribution in [0.3, 0.4) is 0 Å². The Morgan fingerprint density at radius 3 is 2.40 bits per heavy atom. The molecule has 0 aliphatic carbocycles. The van der Waals surface area contributed by atoms with E-state index in [-0.39, 0.29) is 5.91 Å². The number of pyridine rings is 2. The van der Waals surface area contributed by atoms with Crippen LogP contribution in [0.25, 0.3) is 39.2 Å². The third-order valence-electron chi connectivity index (χ3n) is 7.29. The average molecular weight is 534 g/mol. The maximum atomic E-state index is 13.4. The molecule has 6 rings (SSSR count). The molecule has 0 bridgehead atoms. The monoisotopic (exact) mass is 533 g/mol. The molecular formula is C31H28FN7O. The quantitative estimate of drug-likeness (QED) is 0.319. The van der Waals surface area contributed by atoms with Crippen molar-refractivity contribution in [3.63, 3.8) is 0 Å². The number of nitrogens with zero attached hydrogens (tertiary/aromatic N) is 6. The molecule has 1 amide bonds. The van der Waals surface area contributed by atoms with Gasteiger partial charge in [-0.05, 0) is 41.5 Å². The van der Waals surface area contributed by atoms with Gasteiger partial charge >= 0.3 is 0 Å². The number of hydrogen-bond acceptors (Lipinski definition) is 6. The van der Waals surface area contributed by atoms with Crippen LogP contribution in [-0.4, -0.2) is 61.2 Å². The van der Waals surface area contributed by atoms with Crippen LogP contribution < -0.4 is 5.73 Å². The Hall–Kier alpha value is -4.89. The summed E-state index contributed by atoms with van der Waals surface area (Å²) in [6.45, 7) is 7.46. The smallest absolute Gasteiger partial charge is 0.246 e. The summed E-state index contributed by atoms with van der Waals surface area (Å²) in [5.74, 6) is 0.0408. The second-order valence-corrected chi connectivity index (χ2v) is 9.78. The van der Waals surface area contributed by atoms with Crippen LogP contribution in [-0.2, 0) is 11.3 Å². The third-order valence-corrected chi connectivity index (χ3v) is 7.29. The maximum Gasteiger partial charge on any atom is 0.246 e. The summed E-state index contributed by atoms with van der Waals surface area (Å²) in [5.41, 5.74) is 13.4. The van der Waals surface area contributed by atoms with Crippen LogP contribution in [0.1, 0.15) is 5.56 Å². The van der Waals surface area contributed by atoms with E-state index in [9.17, 15) is 9.18 Å². The number of nitrogens with two attached hydrogens (primary N) is 1. The van der Waals surface area contributed by atoms with Gasteiger partial charge in [0.15, 0.2) is 0 Å². The zero-order valence-corrected chi connectivity index (χ0v) is 21.9. The topological polar surface area (TPSA) is 92.7 Å². The molecule has 1 fully saturated rings. The summed E-state index contributed by atoms with van der Waals surface area (Å²) in [6.07, 6.45) is 9.96. The predicted octanol–water partition coefficient (Wildman–Crippen LogP) is 4.68. The minimum Gasteiger partial charge on any atom is -0.383 e. The maximum absolute atomic E-state index is 13.4. The lowest BCUT2D eigenvalue weighted by atomic mass is 9.97. The van der Waals surface area contributed by atoms with E-state index in [1.165, 1.54) is 23.9 Å². The van der Waals surface area contributed by atoms with E-state index in [2.05, 4.69) is 50.7 Å². The van der Waals surface area contributed by atoms with Gasteiger partial charge in [-0.15, -0.1) is 0 Å². The van der Waals surface area contributed by atoms with Crippen molar-refractivity contribution in [1.82, 2.24) is 29.2 Å². The van der Waals surface area contributed by atoms with Crippen molar-refractivity contribution in [2.45, 2.75) is 6.54 Å². The number of halogens is 1. The van der Waals surface area contributed by atoms with Crippen molar-refractivity contribution in [3.05, 3.63) is 104 Å². The number of fused-ring (bicyclic) bond motifs is 1. The second kappa shape index (κ2) is 10.7. The van der Waals surface area contributed by atoms with Crippen LogP contribution in [0.5, 0.6) is 0 Å². The van der Waals surface area contributed by atoms with Crippen molar-refractivity contribution in [3.8, 4) is 33.6 Å². The molecule has 5 aromatic rings. The van der Waals surface area contributed by atoms with Gasteiger partial charge in [0, 0.05) is 68.0 Å². The Kier molecular flexibility index (Phi) is 6.79. The van der Waals surface area contributed by atoms with E-state index >= 15 is 0 Å². The summed E-state index contributed by atoms with van der Waals surface area (Å²) in [4.78, 5) is 29.2. The van der Waals surface area contributed by atoms with Gasteiger partial charge in [-0.3, -0.25) is 19.7 Å². The molecule has 4 aromatic heterocycles. The van der Waals surface area contributed by atoms with Crippen molar-refractivity contribution in [2.24, 2.45) is 0 Å². The summed E-state index contributed by atoms with van der Waals surface area (Å²) >= 11 is 0. The Bertz CT molecular complexity index is 1690. The minimum atomic E-state index is -0.393. The molecule has 0 radical (unpaired) electrons. The summed E-state index contributed by atoms with van der Waals surface area (Å²) < 4.78 is 15.4. The molecule has 8 nitrogen and oxygen atoms in total. The van der Waals surface area contributed by atoms with Gasteiger partial charge in [0.1, 0.15) is 17.3 Å². The highest BCUT2D eigenvalue weighted by Gasteiger charge is 2.21. The first-order chi connectivity index (χ1) is 19.5. The summed E-state index contributed by atoms with van der Waals surface area (Å²) in [7, 11) is 0. The summed E-state index contributed by atoms with van der Waals surface area (Å²) in [5, 5.41) is 0. The Morgan fingerprint density at radius 2 is 1.70 bits per heavy atom. The molecule has 40 heavy (non-hydrogen) atoms. The van der Waals surface area contributed by atoms with E-state index in [0.29, 0.717) is 30.3 Å². The third kappa shape index (κ3) is 4.94. The largest absolute Gasteiger partial charge is 0.383 e. The van der Waals surface area contributed by atoms with E-state index in [1.807, 2.05) is 40.0 Å². The molecule has 9 heteroatoms. The number of piperazine rings is 1. The molecule has 0 saturated carbocycles. The number of carbonyl (C=O) groups is 1. The van der Waals surface area contributed by atoms with Crippen LogP contribution >= 0.6 is 0 Å². The standard InChI is InChI=1S/C31H28FN7O/c1-2-29(40)38-14-12-37(13-15-38)18-21-5-7-22(8-6-21)30-25(24-4-3-11-34-31(24)33)19-39-20-27(36-17-28(30)39)26-10-9-23(32)16-35-26/h2-11,16-17,19-20H,1,12-15,18H2,(H2,33,34). The van der Waals surface area contributed by atoms with Crippen LogP contribution in [0.15, 0.2) is 92.2 Å². The molecule has 1 aliphatic heterocycles. The van der Waals surface area contributed by atoms with Gasteiger partial charge in [0.2, 0.25) is 5.91 Å². The first kappa shape index (κ1) is 25.4. The van der Waals surface area contributed by atoms with Crippen LogP contribution in [0.2, 0.25) is 0 Å². The molecule has 2 N–H and O–H groups in total. The number of anilines is 1. The Labute approximate surface area is 231 Å². The molecule has 0 spiro atoms. The second-order valence-electron chi connectivity index (χ2n) is 9.78. The molecule has 0 atom stereocenters. The molecule has 0 unspecified atom stereocenters. The lowest BCUT2D eigenvalue weighted by molar-refractivity contribution is -0.127. The Balaban J connectivity index is 1.33. The van der Waals surface area contributed by atoms with E-state index in [4.69, 9.17) is 5.73 Å². The van der Waals surface area contributed by atoms with Gasteiger partial charge in [0.05, 0.1) is 23.6 Å².